The van der Waals surface area contributed by atoms with Crippen LogP contribution in [0.25, 0.3) is 5.65 Å². The molecule has 0 spiro atoms. The number of aryl methyl sites for hydroxylation is 1. The van der Waals surface area contributed by atoms with E-state index in [1.54, 1.807) is 22.7 Å². The fraction of sp³-hybridized carbons (Fsp3) is 0.222. The maximum absolute atomic E-state index is 13.0. The van der Waals surface area contributed by atoms with Crippen LogP contribution in [-0.2, 0) is 6.42 Å². The lowest BCUT2D eigenvalue weighted by Gasteiger charge is -2.09. The third kappa shape index (κ3) is 3.63. The molecule has 8 nitrogen and oxygen atoms in total. The quantitative estimate of drug-likeness (QED) is 0.464. The maximum Gasteiger partial charge on any atom is 0.274 e. The van der Waals surface area contributed by atoms with Crippen molar-refractivity contribution >= 4 is 38.9 Å². The Balaban J connectivity index is 2.05. The molecular formula is C18H17BrN4O4. The van der Waals surface area contributed by atoms with E-state index in [2.05, 4.69) is 26.2 Å². The summed E-state index contributed by atoms with van der Waals surface area (Å²) in [5.74, 6) is 0.180. The highest BCUT2D eigenvalue weighted by Gasteiger charge is 2.21. The van der Waals surface area contributed by atoms with Crippen LogP contribution in [0, 0.1) is 10.1 Å². The van der Waals surface area contributed by atoms with Gasteiger partial charge in [0.05, 0.1) is 22.9 Å². The van der Waals surface area contributed by atoms with Crippen molar-refractivity contribution in [2.24, 2.45) is 0 Å². The lowest BCUT2D eigenvalue weighted by atomic mass is 10.2. The van der Waals surface area contributed by atoms with Crippen LogP contribution in [0.15, 0.2) is 41.0 Å². The molecule has 140 valence electrons. The van der Waals surface area contributed by atoms with E-state index in [-0.39, 0.29) is 5.69 Å². The number of carbonyl (C=O) groups is 1. The molecule has 0 aliphatic heterocycles. The minimum atomic E-state index is -0.512. The van der Waals surface area contributed by atoms with Gasteiger partial charge in [-0.05, 0) is 47.5 Å². The van der Waals surface area contributed by atoms with E-state index in [4.69, 9.17) is 4.74 Å². The lowest BCUT2D eigenvalue weighted by Crippen LogP contribution is -2.16. The van der Waals surface area contributed by atoms with E-state index in [9.17, 15) is 14.9 Å². The van der Waals surface area contributed by atoms with Gasteiger partial charge in [0.2, 0.25) is 0 Å². The molecule has 0 unspecified atom stereocenters. The molecule has 0 aliphatic rings. The number of imidazole rings is 1. The minimum Gasteiger partial charge on any atom is -0.490 e. The molecule has 0 aliphatic carbocycles. The van der Waals surface area contributed by atoms with Crippen molar-refractivity contribution in [2.45, 2.75) is 20.3 Å². The number of aromatic nitrogens is 2. The summed E-state index contributed by atoms with van der Waals surface area (Å²) in [4.78, 5) is 28.0. The molecule has 0 radical (unpaired) electrons. The molecule has 1 N–H and O–H groups in total. The van der Waals surface area contributed by atoms with Crippen LogP contribution in [-0.4, -0.2) is 26.8 Å². The lowest BCUT2D eigenvalue weighted by molar-refractivity contribution is -0.384. The monoisotopic (exact) mass is 432 g/mol. The summed E-state index contributed by atoms with van der Waals surface area (Å²) in [6.45, 7) is 4.26. The van der Waals surface area contributed by atoms with Crippen LogP contribution in [0.2, 0.25) is 0 Å². The van der Waals surface area contributed by atoms with Gasteiger partial charge in [-0.2, -0.15) is 0 Å². The number of rotatable bonds is 6. The van der Waals surface area contributed by atoms with Gasteiger partial charge in [-0.3, -0.25) is 19.3 Å². The van der Waals surface area contributed by atoms with Gasteiger partial charge in [0.25, 0.3) is 11.6 Å². The molecule has 0 atom stereocenters. The first-order valence-electron chi connectivity index (χ1n) is 8.34. The van der Waals surface area contributed by atoms with Gasteiger partial charge in [-0.25, -0.2) is 4.98 Å². The van der Waals surface area contributed by atoms with Crippen molar-refractivity contribution in [1.82, 2.24) is 9.38 Å². The second-order valence-electron chi connectivity index (χ2n) is 5.64. The van der Waals surface area contributed by atoms with E-state index in [1.807, 2.05) is 13.8 Å². The molecule has 9 heteroatoms. The summed E-state index contributed by atoms with van der Waals surface area (Å²) in [6.07, 6.45) is 2.29. The first-order valence-corrected chi connectivity index (χ1v) is 9.13. The highest BCUT2D eigenvalue weighted by Crippen LogP contribution is 2.29. The fourth-order valence-electron chi connectivity index (χ4n) is 2.75. The van der Waals surface area contributed by atoms with E-state index in [0.717, 1.165) is 0 Å². The number of anilines is 1. The van der Waals surface area contributed by atoms with Crippen molar-refractivity contribution in [3.05, 3.63) is 62.5 Å². The summed E-state index contributed by atoms with van der Waals surface area (Å²) < 4.78 is 7.81. The number of nitro groups is 1. The van der Waals surface area contributed by atoms with Gasteiger partial charge in [0.1, 0.15) is 5.69 Å². The topological polar surface area (TPSA) is 98.8 Å². The van der Waals surface area contributed by atoms with Crippen LogP contribution in [0.3, 0.4) is 0 Å². The molecule has 0 bridgehead atoms. The maximum atomic E-state index is 13.0. The standard InChI is InChI=1S/C18H17BrN4O4/c1-3-13-16(22-9-5-6-15(27-4-2)17(22)20-13)18(24)21-14-10-11(23(25)26)7-8-12(14)19/h5-10H,3-4H2,1-2H3,(H,21,24). The summed E-state index contributed by atoms with van der Waals surface area (Å²) in [5.41, 5.74) is 1.74. The molecule has 1 aromatic carbocycles. The largest absolute Gasteiger partial charge is 0.490 e. The Kier molecular flexibility index (Phi) is 5.41. The van der Waals surface area contributed by atoms with Crippen LogP contribution < -0.4 is 10.1 Å². The van der Waals surface area contributed by atoms with E-state index in [0.29, 0.717) is 46.0 Å². The number of carbonyl (C=O) groups excluding carboxylic acids is 1. The number of nitro benzene ring substituents is 1. The minimum absolute atomic E-state index is 0.110. The Morgan fingerprint density at radius 2 is 2.15 bits per heavy atom. The number of fused-ring (bicyclic) bond motifs is 1. The molecule has 27 heavy (non-hydrogen) atoms. The molecule has 3 rings (SSSR count). The first-order chi connectivity index (χ1) is 13.0. The van der Waals surface area contributed by atoms with Crippen molar-refractivity contribution in [3.63, 3.8) is 0 Å². The highest BCUT2D eigenvalue weighted by atomic mass is 79.9. The first kappa shape index (κ1) is 18.8. The highest BCUT2D eigenvalue weighted by molar-refractivity contribution is 9.10. The van der Waals surface area contributed by atoms with Crippen LogP contribution in [0.5, 0.6) is 5.75 Å². The van der Waals surface area contributed by atoms with Gasteiger partial charge in [-0.15, -0.1) is 0 Å². The number of pyridine rings is 1. The van der Waals surface area contributed by atoms with E-state index in [1.165, 1.54) is 18.2 Å². The predicted octanol–water partition coefficient (Wildman–Crippen LogP) is 4.22. The van der Waals surface area contributed by atoms with Crippen LogP contribution >= 0.6 is 15.9 Å². The summed E-state index contributed by atoms with van der Waals surface area (Å²) >= 11 is 3.31. The fourth-order valence-corrected chi connectivity index (χ4v) is 3.09. The third-order valence-electron chi connectivity index (χ3n) is 3.95. The average Bonchev–Trinajstić information content (AvgIpc) is 3.03. The van der Waals surface area contributed by atoms with E-state index < -0.39 is 10.8 Å². The Morgan fingerprint density at radius 3 is 2.81 bits per heavy atom. The molecule has 2 heterocycles. The van der Waals surface area contributed by atoms with Crippen molar-refractivity contribution < 1.29 is 14.5 Å². The van der Waals surface area contributed by atoms with Crippen LogP contribution in [0.1, 0.15) is 30.0 Å². The number of nitrogens with zero attached hydrogens (tertiary/aromatic N) is 3. The third-order valence-corrected chi connectivity index (χ3v) is 4.64. The second kappa shape index (κ2) is 7.75. The van der Waals surface area contributed by atoms with Crippen molar-refractivity contribution in [1.29, 1.82) is 0 Å². The molecule has 0 fully saturated rings. The smallest absolute Gasteiger partial charge is 0.274 e. The van der Waals surface area contributed by atoms with E-state index >= 15 is 0 Å². The zero-order valence-electron chi connectivity index (χ0n) is 14.7. The molecule has 3 aromatic rings. The van der Waals surface area contributed by atoms with Crippen molar-refractivity contribution in [3.8, 4) is 5.75 Å². The number of amides is 1. The van der Waals surface area contributed by atoms with Crippen LogP contribution in [0.4, 0.5) is 11.4 Å². The molecule has 0 saturated heterocycles. The number of non-ortho nitro benzene ring substituents is 1. The average molecular weight is 433 g/mol. The van der Waals surface area contributed by atoms with Gasteiger partial charge < -0.3 is 10.1 Å². The van der Waals surface area contributed by atoms with Gasteiger partial charge in [0, 0.05) is 22.8 Å². The van der Waals surface area contributed by atoms with Gasteiger partial charge >= 0.3 is 0 Å². The number of hydrogen-bond donors (Lipinski definition) is 1. The normalized spacial score (nSPS) is 10.8. The van der Waals surface area contributed by atoms with Gasteiger partial charge in [-0.1, -0.05) is 6.92 Å². The molecular weight excluding hydrogens is 416 g/mol. The summed E-state index contributed by atoms with van der Waals surface area (Å²) in [7, 11) is 0. The second-order valence-corrected chi connectivity index (χ2v) is 6.49. The Bertz CT molecular complexity index is 1030. The number of benzene rings is 1. The zero-order valence-corrected chi connectivity index (χ0v) is 16.3. The number of ether oxygens (including phenoxy) is 1. The zero-order chi connectivity index (χ0) is 19.6. The number of halogens is 1. The Morgan fingerprint density at radius 1 is 1.37 bits per heavy atom. The number of nitrogens with one attached hydrogen (secondary N) is 1. The Hall–Kier alpha value is -2.94. The number of hydrogen-bond acceptors (Lipinski definition) is 5. The summed E-state index contributed by atoms with van der Waals surface area (Å²) in [5, 5.41) is 13.7. The van der Waals surface area contributed by atoms with Gasteiger partial charge in [0.15, 0.2) is 11.4 Å². The van der Waals surface area contributed by atoms with Crippen molar-refractivity contribution in [2.75, 3.05) is 11.9 Å². The SMILES string of the molecule is CCOc1cccn2c(C(=O)Nc3cc([N+](=O)[O-])ccc3Br)c(CC)nc12. The molecule has 1 amide bonds. The summed E-state index contributed by atoms with van der Waals surface area (Å²) in [6, 6.07) is 7.77. The Labute approximate surface area is 163 Å². The molecule has 0 saturated carbocycles. The molecule has 2 aromatic heterocycles. The predicted molar refractivity (Wildman–Crippen MR) is 104 cm³/mol.